The molecule has 1 atom stereocenters. The first-order valence-electron chi connectivity index (χ1n) is 13.3. The molecule has 2 aromatic rings. The number of imide groups is 1. The molecule has 3 fully saturated rings. The molecule has 1 spiro atoms. The number of nitrogens with zero attached hydrogens (tertiary/aromatic N) is 3. The molecule has 2 saturated heterocycles. The molecule has 0 bridgehead atoms. The van der Waals surface area contributed by atoms with Gasteiger partial charge in [-0.25, -0.2) is 18.5 Å². The first kappa shape index (κ1) is 27.3. The van der Waals surface area contributed by atoms with Crippen LogP contribution in [0.2, 0.25) is 5.02 Å². The van der Waals surface area contributed by atoms with E-state index in [-0.39, 0.29) is 39.9 Å². The maximum atomic E-state index is 14.5. The minimum absolute atomic E-state index is 0.0881. The van der Waals surface area contributed by atoms with Gasteiger partial charge in [0.2, 0.25) is 5.91 Å². The van der Waals surface area contributed by atoms with E-state index in [1.165, 1.54) is 30.4 Å². The molecular weight excluding hydrogens is 526 g/mol. The van der Waals surface area contributed by atoms with E-state index < -0.39 is 17.4 Å². The second-order valence-electron chi connectivity index (χ2n) is 10.6. The highest BCUT2D eigenvalue weighted by Crippen LogP contribution is 2.38. The predicted octanol–water partition coefficient (Wildman–Crippen LogP) is 5.12. The van der Waals surface area contributed by atoms with Gasteiger partial charge in [-0.15, -0.1) is 0 Å². The molecule has 7 nitrogen and oxygen atoms in total. The van der Waals surface area contributed by atoms with E-state index in [1.54, 1.807) is 17.0 Å². The van der Waals surface area contributed by atoms with Crippen LogP contribution in [0.15, 0.2) is 42.5 Å². The van der Waals surface area contributed by atoms with Crippen molar-refractivity contribution in [1.29, 1.82) is 0 Å². The van der Waals surface area contributed by atoms with Crippen molar-refractivity contribution in [2.45, 2.75) is 57.2 Å². The monoisotopic (exact) mass is 556 g/mol. The number of piperazine rings is 1. The van der Waals surface area contributed by atoms with Crippen molar-refractivity contribution < 1.29 is 23.2 Å². The Labute approximate surface area is 231 Å². The number of amides is 4. The summed E-state index contributed by atoms with van der Waals surface area (Å²) in [7, 11) is 0. The summed E-state index contributed by atoms with van der Waals surface area (Å²) in [5.74, 6) is -1.62. The number of nitrogens with one attached hydrogen (secondary N) is 1. The van der Waals surface area contributed by atoms with E-state index in [1.807, 2.05) is 6.92 Å². The van der Waals surface area contributed by atoms with Crippen LogP contribution in [0.3, 0.4) is 0 Å². The third-order valence-electron chi connectivity index (χ3n) is 7.90. The highest BCUT2D eigenvalue weighted by atomic mass is 35.5. The number of halogens is 3. The van der Waals surface area contributed by atoms with E-state index in [0.717, 1.165) is 35.8 Å². The Morgan fingerprint density at radius 2 is 1.82 bits per heavy atom. The molecular formula is C29H31ClF2N4O3. The van der Waals surface area contributed by atoms with Gasteiger partial charge in [-0.05, 0) is 55.7 Å². The quantitative estimate of drug-likeness (QED) is 0.410. The van der Waals surface area contributed by atoms with Gasteiger partial charge < -0.3 is 10.2 Å². The first-order chi connectivity index (χ1) is 18.7. The fourth-order valence-electron chi connectivity index (χ4n) is 5.82. The number of carbonyl (C=O) groups is 3. The smallest absolute Gasteiger partial charge is 0.329 e. The Balaban J connectivity index is 1.31. The van der Waals surface area contributed by atoms with Gasteiger partial charge in [-0.3, -0.25) is 14.5 Å². The molecule has 1 aliphatic carbocycles. The van der Waals surface area contributed by atoms with E-state index in [0.29, 0.717) is 39.0 Å². The SMILES string of the molecule is CC1CN(Cc2ccc(F)cc2)CCN1C(=O)C=Cc1cc(F)c(Cl)cc1N1C(=O)NC2(CCCCC2)C1=O. The lowest BCUT2D eigenvalue weighted by atomic mass is 9.81. The standard InChI is InChI=1S/C29H31ClF2N4O3/c1-19-17-34(18-20-5-8-22(31)9-6-20)13-14-35(19)26(37)10-7-21-15-24(32)23(30)16-25(21)36-27(38)29(33-28(36)39)11-3-2-4-12-29/h5-10,15-16,19H,2-4,11-14,17-18H2,1H3,(H,33,39). The summed E-state index contributed by atoms with van der Waals surface area (Å²) in [6.07, 6.45) is 6.55. The van der Waals surface area contributed by atoms with Gasteiger partial charge in [0.1, 0.15) is 17.2 Å². The predicted molar refractivity (Wildman–Crippen MR) is 145 cm³/mol. The van der Waals surface area contributed by atoms with E-state index in [9.17, 15) is 23.2 Å². The summed E-state index contributed by atoms with van der Waals surface area (Å²) in [5.41, 5.74) is 0.406. The van der Waals surface area contributed by atoms with Crippen molar-refractivity contribution >= 4 is 41.2 Å². The Kier molecular flexibility index (Phi) is 7.73. The van der Waals surface area contributed by atoms with Crippen LogP contribution >= 0.6 is 11.6 Å². The van der Waals surface area contributed by atoms with Crippen molar-refractivity contribution in [3.63, 3.8) is 0 Å². The van der Waals surface area contributed by atoms with Crippen molar-refractivity contribution in [3.8, 4) is 0 Å². The number of carbonyl (C=O) groups excluding carboxylic acids is 3. The fraction of sp³-hybridized carbons (Fsp3) is 0.414. The molecule has 2 heterocycles. The Morgan fingerprint density at radius 1 is 1.10 bits per heavy atom. The lowest BCUT2D eigenvalue weighted by Gasteiger charge is -2.39. The third kappa shape index (κ3) is 5.56. The second kappa shape index (κ2) is 11.1. The number of hydrogen-bond donors (Lipinski definition) is 1. The van der Waals surface area contributed by atoms with Crippen LogP contribution in [-0.4, -0.2) is 58.9 Å². The van der Waals surface area contributed by atoms with Crippen molar-refractivity contribution in [3.05, 3.63) is 70.3 Å². The number of anilines is 1. The van der Waals surface area contributed by atoms with Gasteiger partial charge in [0.15, 0.2) is 0 Å². The van der Waals surface area contributed by atoms with Crippen LogP contribution in [-0.2, 0) is 16.1 Å². The van der Waals surface area contributed by atoms with E-state index in [4.69, 9.17) is 11.6 Å². The molecule has 2 aliphatic heterocycles. The van der Waals surface area contributed by atoms with Crippen LogP contribution in [0, 0.1) is 11.6 Å². The third-order valence-corrected chi connectivity index (χ3v) is 8.19. The lowest BCUT2D eigenvalue weighted by molar-refractivity contribution is -0.130. The van der Waals surface area contributed by atoms with Crippen molar-refractivity contribution in [1.82, 2.24) is 15.1 Å². The molecule has 1 unspecified atom stereocenters. The zero-order chi connectivity index (χ0) is 27.7. The van der Waals surface area contributed by atoms with Crippen LogP contribution in [0.4, 0.5) is 19.3 Å². The van der Waals surface area contributed by atoms with E-state index in [2.05, 4.69) is 10.2 Å². The molecule has 1 N–H and O–H groups in total. The zero-order valence-electron chi connectivity index (χ0n) is 21.8. The Bertz CT molecular complexity index is 1310. The molecule has 2 aromatic carbocycles. The van der Waals surface area contributed by atoms with Crippen molar-refractivity contribution in [2.75, 3.05) is 24.5 Å². The summed E-state index contributed by atoms with van der Waals surface area (Å²) in [4.78, 5) is 44.5. The molecule has 3 aliphatic rings. The van der Waals surface area contributed by atoms with Crippen LogP contribution < -0.4 is 10.2 Å². The molecule has 0 radical (unpaired) electrons. The normalized spacial score (nSPS) is 21.7. The molecule has 39 heavy (non-hydrogen) atoms. The topological polar surface area (TPSA) is 73.0 Å². The number of benzene rings is 2. The molecule has 0 aromatic heterocycles. The molecule has 206 valence electrons. The maximum absolute atomic E-state index is 14.5. The average molecular weight is 557 g/mol. The summed E-state index contributed by atoms with van der Waals surface area (Å²) in [6.45, 7) is 4.38. The minimum atomic E-state index is -0.948. The highest BCUT2D eigenvalue weighted by molar-refractivity contribution is 6.32. The maximum Gasteiger partial charge on any atom is 0.329 e. The summed E-state index contributed by atoms with van der Waals surface area (Å²) >= 11 is 6.05. The number of urea groups is 1. The molecule has 4 amide bonds. The van der Waals surface area contributed by atoms with Gasteiger partial charge >= 0.3 is 6.03 Å². The van der Waals surface area contributed by atoms with Crippen LogP contribution in [0.25, 0.3) is 6.08 Å². The largest absolute Gasteiger partial charge is 0.334 e. The average Bonchev–Trinajstić information content (AvgIpc) is 3.14. The number of hydrogen-bond acceptors (Lipinski definition) is 4. The molecule has 10 heteroatoms. The molecule has 1 saturated carbocycles. The van der Waals surface area contributed by atoms with Gasteiger partial charge in [0, 0.05) is 43.9 Å². The van der Waals surface area contributed by atoms with Gasteiger partial charge in [-0.1, -0.05) is 43.0 Å². The van der Waals surface area contributed by atoms with Crippen LogP contribution in [0.1, 0.15) is 50.2 Å². The lowest BCUT2D eigenvalue weighted by Crippen LogP contribution is -2.53. The van der Waals surface area contributed by atoms with Crippen LogP contribution in [0.5, 0.6) is 0 Å². The van der Waals surface area contributed by atoms with E-state index >= 15 is 0 Å². The van der Waals surface area contributed by atoms with Gasteiger partial charge in [-0.2, -0.15) is 0 Å². The van der Waals surface area contributed by atoms with Crippen molar-refractivity contribution in [2.24, 2.45) is 0 Å². The fourth-order valence-corrected chi connectivity index (χ4v) is 5.98. The van der Waals surface area contributed by atoms with Gasteiger partial charge in [0.25, 0.3) is 5.91 Å². The highest BCUT2D eigenvalue weighted by Gasteiger charge is 2.52. The Hall–Kier alpha value is -3.30. The zero-order valence-corrected chi connectivity index (χ0v) is 22.5. The number of rotatable bonds is 5. The summed E-state index contributed by atoms with van der Waals surface area (Å²) in [5, 5.41) is 2.64. The summed E-state index contributed by atoms with van der Waals surface area (Å²) in [6, 6.07) is 8.12. The summed E-state index contributed by atoms with van der Waals surface area (Å²) < 4.78 is 27.7. The second-order valence-corrected chi connectivity index (χ2v) is 11.0. The van der Waals surface area contributed by atoms with Gasteiger partial charge in [0.05, 0.1) is 10.7 Å². The first-order valence-corrected chi connectivity index (χ1v) is 13.7. The Morgan fingerprint density at radius 3 is 2.51 bits per heavy atom. The molecule has 5 rings (SSSR count). The minimum Gasteiger partial charge on any atom is -0.334 e.